The zero-order chi connectivity index (χ0) is 13.9. The van der Waals surface area contributed by atoms with Gasteiger partial charge in [-0.05, 0) is 24.7 Å². The Labute approximate surface area is 190 Å². The maximum absolute atomic E-state index is 10.6. The molecule has 0 unspecified atom stereocenters. The summed E-state index contributed by atoms with van der Waals surface area (Å²) >= 11 is 0. The van der Waals surface area contributed by atoms with E-state index in [0.29, 0.717) is 13.9 Å². The topological polar surface area (TPSA) is 103 Å². The molecule has 0 N–H and O–H groups in total. The van der Waals surface area contributed by atoms with Crippen molar-refractivity contribution in [3.05, 3.63) is 0 Å². The van der Waals surface area contributed by atoms with Crippen LogP contribution in [0.5, 0.6) is 0 Å². The zero-order valence-corrected chi connectivity index (χ0v) is 21.5. The van der Waals surface area contributed by atoms with E-state index in [0.717, 1.165) is 6.16 Å². The molecule has 104 valence electrons. The quantitative estimate of drug-likeness (QED) is 0.335. The summed E-state index contributed by atoms with van der Waals surface area (Å²) in [7, 11) is -5.07. The van der Waals surface area contributed by atoms with Crippen molar-refractivity contribution in [1.29, 1.82) is 0 Å². The van der Waals surface area contributed by atoms with Crippen molar-refractivity contribution in [3.63, 3.8) is 0 Å². The molecule has 0 aromatic rings. The van der Waals surface area contributed by atoms with Crippen molar-refractivity contribution >= 4 is 16.3 Å². The third kappa shape index (κ3) is 26.1. The van der Waals surface area contributed by atoms with Gasteiger partial charge in [0.05, 0.1) is 0 Å². The van der Waals surface area contributed by atoms with Crippen molar-refractivity contribution in [3.8, 4) is 0 Å². The Morgan fingerprint density at radius 3 is 1.55 bits per heavy atom. The molecule has 0 aliphatic heterocycles. The third-order valence-corrected chi connectivity index (χ3v) is 3.76. The smallest absolute Gasteiger partial charge is 0.822 e. The van der Waals surface area contributed by atoms with Crippen LogP contribution in [0.15, 0.2) is 0 Å². The van der Waals surface area contributed by atoms with E-state index in [2.05, 4.69) is 20.8 Å². The van der Waals surface area contributed by atoms with Gasteiger partial charge in [0.2, 0.25) is 0 Å². The largest absolute Gasteiger partial charge is 1.00 e. The number of rotatable bonds is 7. The molecule has 20 heavy (non-hydrogen) atoms. The van der Waals surface area contributed by atoms with Gasteiger partial charge in [-0.25, -0.2) is 0 Å². The van der Waals surface area contributed by atoms with E-state index in [1.54, 1.807) is 0 Å². The molecule has 0 atom stereocenters. The molecule has 0 radical (unpaired) electrons. The first kappa shape index (κ1) is 34.5. The van der Waals surface area contributed by atoms with Gasteiger partial charge < -0.3 is 19.2 Å². The molecule has 0 amide bonds. The van der Waals surface area contributed by atoms with E-state index >= 15 is 0 Å². The maximum atomic E-state index is 10.6. The maximum Gasteiger partial charge on any atom is 1.00 e. The molecule has 0 spiro atoms. The van der Waals surface area contributed by atoms with Gasteiger partial charge >= 0.3 is 88.7 Å². The number of unbranched alkanes of at least 4 members (excludes halogenated alkanes) is 1. The fourth-order valence-corrected chi connectivity index (χ4v) is 2.47. The second-order valence-electron chi connectivity index (χ2n) is 4.05. The minimum absolute atomic E-state index is 0. The summed E-state index contributed by atoms with van der Waals surface area (Å²) in [5.74, 6) is 0. The van der Waals surface area contributed by atoms with Crippen LogP contribution >= 0.6 is 16.3 Å². The molecule has 0 heterocycles. The van der Waals surface area contributed by atoms with Gasteiger partial charge in [-0.1, -0.05) is 33.6 Å². The summed E-state index contributed by atoms with van der Waals surface area (Å²) in [5, 5.41) is 0. The third-order valence-electron chi connectivity index (χ3n) is 2.96. The Morgan fingerprint density at radius 2 is 1.35 bits per heavy atom. The molecule has 0 saturated carbocycles. The molecule has 0 aliphatic carbocycles. The van der Waals surface area contributed by atoms with Gasteiger partial charge in [0.25, 0.3) is 0 Å². The molecular weight excluding hydrogens is 331 g/mol. The van der Waals surface area contributed by atoms with Crippen LogP contribution in [0.4, 0.5) is 0 Å². The fourth-order valence-electron chi connectivity index (χ4n) is 1.59. The van der Waals surface area contributed by atoms with E-state index < -0.39 is 7.82 Å². The second kappa shape index (κ2) is 20.3. The first-order chi connectivity index (χ1) is 7.74. The van der Waals surface area contributed by atoms with Crippen molar-refractivity contribution in [1.82, 2.24) is 0 Å². The van der Waals surface area contributed by atoms with Gasteiger partial charge in [-0.2, -0.15) is 7.82 Å². The molecule has 0 saturated heterocycles. The molecule has 10 heteroatoms. The van der Waals surface area contributed by atoms with E-state index in [9.17, 15) is 4.57 Å². The summed E-state index contributed by atoms with van der Waals surface area (Å²) < 4.78 is 19.1. The number of hydrogen-bond donors (Lipinski definition) is 0. The minimum atomic E-state index is -5.39. The molecule has 0 aromatic heterocycles. The van der Waals surface area contributed by atoms with Crippen LogP contribution in [-0.4, -0.2) is 6.16 Å². The monoisotopic (exact) mass is 352 g/mol. The Bertz CT molecular complexity index is 239. The molecule has 0 rings (SSSR count). The van der Waals surface area contributed by atoms with Crippen LogP contribution in [-0.2, 0) is 9.13 Å². The first-order valence-corrected chi connectivity index (χ1v) is 8.22. The minimum Gasteiger partial charge on any atom is -0.822 e. The standard InChI is InChI=1S/C10H21OP.3Na.H3O4P/c1-4-7-8-10(5-2,6-3)9-12-11;;;;1-5(2,3)4/h4-9H2,1-3H3;;;;(H3,1,2,3,4)/q;3*+1;/p-3. The van der Waals surface area contributed by atoms with E-state index in [1.165, 1.54) is 32.1 Å². The van der Waals surface area contributed by atoms with Crippen molar-refractivity contribution in [2.24, 2.45) is 5.41 Å². The van der Waals surface area contributed by atoms with Crippen LogP contribution in [0, 0.1) is 5.41 Å². The average Bonchev–Trinajstić information content (AvgIpc) is 2.22. The van der Waals surface area contributed by atoms with E-state index in [1.807, 2.05) is 0 Å². The summed E-state index contributed by atoms with van der Waals surface area (Å²) in [5.41, 5.74) is 0.360. The molecule has 0 bridgehead atoms. The van der Waals surface area contributed by atoms with Crippen LogP contribution < -0.4 is 103 Å². The van der Waals surface area contributed by atoms with Gasteiger partial charge in [0.15, 0.2) is 8.46 Å². The Balaban J connectivity index is -0.0000000821. The van der Waals surface area contributed by atoms with Crippen LogP contribution in [0.25, 0.3) is 0 Å². The van der Waals surface area contributed by atoms with Gasteiger partial charge in [0.1, 0.15) is 0 Å². The molecule has 0 aromatic carbocycles. The zero-order valence-electron chi connectivity index (χ0n) is 13.7. The van der Waals surface area contributed by atoms with Gasteiger partial charge in [-0.15, -0.1) is 0 Å². The molecule has 5 nitrogen and oxygen atoms in total. The second-order valence-corrected chi connectivity index (χ2v) is 5.51. The molecular formula is C10H21Na3O5P2. The summed E-state index contributed by atoms with van der Waals surface area (Å²) in [6, 6.07) is 0. The van der Waals surface area contributed by atoms with Crippen LogP contribution in [0.2, 0.25) is 0 Å². The summed E-state index contributed by atoms with van der Waals surface area (Å²) in [4.78, 5) is 25.6. The predicted molar refractivity (Wildman–Crippen MR) is 62.6 cm³/mol. The van der Waals surface area contributed by atoms with Crippen molar-refractivity contribution in [2.45, 2.75) is 52.9 Å². The Morgan fingerprint density at radius 1 is 1.00 bits per heavy atom. The number of phosphoric acid groups is 1. The average molecular weight is 352 g/mol. The van der Waals surface area contributed by atoms with E-state index in [-0.39, 0.29) is 88.7 Å². The summed E-state index contributed by atoms with van der Waals surface area (Å²) in [6.07, 6.45) is 6.94. The molecule has 0 aliphatic rings. The first-order valence-electron chi connectivity index (χ1n) is 5.76. The number of hydrogen-bond acceptors (Lipinski definition) is 5. The van der Waals surface area contributed by atoms with Gasteiger partial charge in [0, 0.05) is 6.16 Å². The van der Waals surface area contributed by atoms with Crippen LogP contribution in [0.3, 0.4) is 0 Å². The SMILES string of the molecule is CCCCC(CC)(CC)CP=O.O=P([O-])([O-])[O-].[Na+].[Na+].[Na+]. The van der Waals surface area contributed by atoms with E-state index in [4.69, 9.17) is 19.2 Å². The fraction of sp³-hybridized carbons (Fsp3) is 1.00. The van der Waals surface area contributed by atoms with Gasteiger partial charge in [-0.3, -0.25) is 4.57 Å². The Kier molecular flexibility index (Phi) is 35.0. The summed E-state index contributed by atoms with van der Waals surface area (Å²) in [6.45, 7) is 6.64. The van der Waals surface area contributed by atoms with Crippen molar-refractivity contribution < 1.29 is 112 Å². The van der Waals surface area contributed by atoms with Crippen LogP contribution in [0.1, 0.15) is 52.9 Å². The predicted octanol–water partition coefficient (Wildman–Crippen LogP) is -7.54. The molecule has 0 fully saturated rings. The van der Waals surface area contributed by atoms with Crippen molar-refractivity contribution in [2.75, 3.05) is 6.16 Å². The Hall–Kier alpha value is 3.21. The normalized spacial score (nSPS) is 10.3.